The quantitative estimate of drug-likeness (QED) is 0.402. The molecule has 1 N–H and O–H groups in total. The molecule has 10 heteroatoms. The normalized spacial score (nSPS) is 11.3. The van der Waals surface area contributed by atoms with Gasteiger partial charge < -0.3 is 5.32 Å². The van der Waals surface area contributed by atoms with Gasteiger partial charge in [0.25, 0.3) is 0 Å². The number of aryl methyl sites for hydroxylation is 1. The van der Waals surface area contributed by atoms with Gasteiger partial charge in [-0.1, -0.05) is 59.1 Å². The maximum absolute atomic E-state index is 12.3. The summed E-state index contributed by atoms with van der Waals surface area (Å²) in [6.45, 7) is 2.08. The number of amides is 1. The summed E-state index contributed by atoms with van der Waals surface area (Å²) in [5.41, 5.74) is 2.58. The number of halogens is 3. The Morgan fingerprint density at radius 1 is 1.10 bits per heavy atom. The van der Waals surface area contributed by atoms with Gasteiger partial charge in [-0.2, -0.15) is 11.8 Å². The molecule has 0 unspecified atom stereocenters. The van der Waals surface area contributed by atoms with Crippen LogP contribution in [0.2, 0.25) is 15.1 Å². The molecule has 0 fully saturated rings. The molecule has 0 aliphatic rings. The molecule has 0 saturated heterocycles. The van der Waals surface area contributed by atoms with Crippen molar-refractivity contribution in [2.45, 2.75) is 12.7 Å². The van der Waals surface area contributed by atoms with Gasteiger partial charge in [0.05, 0.1) is 27.0 Å². The number of nitrogens with one attached hydrogen (secondary N) is 1. The Morgan fingerprint density at radius 2 is 1.76 bits per heavy atom. The maximum Gasteiger partial charge on any atom is 0.240 e. The zero-order valence-electron chi connectivity index (χ0n) is 15.9. The smallest absolute Gasteiger partial charge is 0.240 e. The van der Waals surface area contributed by atoms with E-state index < -0.39 is 22.5 Å². The van der Waals surface area contributed by atoms with Crippen molar-refractivity contribution >= 4 is 68.2 Å². The van der Waals surface area contributed by atoms with Gasteiger partial charge in [-0.25, -0.2) is 8.42 Å². The molecule has 2 aromatic carbocycles. The number of benzene rings is 2. The van der Waals surface area contributed by atoms with E-state index in [9.17, 15) is 13.2 Å². The molecule has 0 saturated carbocycles. The molecular weight excluding hydrogens is 475 g/mol. The maximum atomic E-state index is 12.3. The molecule has 2 rings (SSSR count). The summed E-state index contributed by atoms with van der Waals surface area (Å²) in [5.74, 6) is 1.11. The van der Waals surface area contributed by atoms with E-state index in [-0.39, 0.29) is 20.8 Å². The molecule has 0 aliphatic heterocycles. The SMILES string of the molecule is Cc1ccccc1CSCCNC(=O)CN(c1cc(Cl)c(Cl)cc1Cl)S(C)(=O)=O. The lowest BCUT2D eigenvalue weighted by Gasteiger charge is -2.23. The van der Waals surface area contributed by atoms with Crippen molar-refractivity contribution in [1.29, 1.82) is 0 Å². The second-order valence-electron chi connectivity index (χ2n) is 6.32. The van der Waals surface area contributed by atoms with Crippen LogP contribution in [0.25, 0.3) is 0 Å². The van der Waals surface area contributed by atoms with E-state index in [0.717, 1.165) is 16.3 Å². The highest BCUT2D eigenvalue weighted by molar-refractivity contribution is 7.98. The van der Waals surface area contributed by atoms with Crippen LogP contribution >= 0.6 is 46.6 Å². The van der Waals surface area contributed by atoms with Crippen LogP contribution in [0.1, 0.15) is 11.1 Å². The first kappa shape index (κ1) is 24.2. The standard InChI is InChI=1S/C19H21Cl3N2O3S2/c1-13-5-3-4-6-14(13)12-28-8-7-23-19(25)11-24(29(2,26)27)18-10-16(21)15(20)9-17(18)22/h3-6,9-10H,7-8,11-12H2,1-2H3,(H,23,25). The van der Waals surface area contributed by atoms with Gasteiger partial charge >= 0.3 is 0 Å². The number of thioether (sulfide) groups is 1. The molecule has 1 amide bonds. The third-order valence-electron chi connectivity index (χ3n) is 4.03. The number of nitrogens with zero attached hydrogens (tertiary/aromatic N) is 1. The zero-order valence-corrected chi connectivity index (χ0v) is 19.8. The van der Waals surface area contributed by atoms with E-state index in [4.69, 9.17) is 34.8 Å². The molecular formula is C19H21Cl3N2O3S2. The molecule has 0 aliphatic carbocycles. The Balaban J connectivity index is 1.92. The van der Waals surface area contributed by atoms with Crippen LogP contribution in [0.5, 0.6) is 0 Å². The number of carbonyl (C=O) groups excluding carboxylic acids is 1. The van der Waals surface area contributed by atoms with Gasteiger partial charge in [-0.3, -0.25) is 9.10 Å². The van der Waals surface area contributed by atoms with Crippen LogP contribution < -0.4 is 9.62 Å². The number of anilines is 1. The summed E-state index contributed by atoms with van der Waals surface area (Å²) in [6.07, 6.45) is 0.997. The minimum Gasteiger partial charge on any atom is -0.354 e. The second-order valence-corrected chi connectivity index (χ2v) is 10.5. The number of rotatable bonds is 9. The fraction of sp³-hybridized carbons (Fsp3) is 0.316. The van der Waals surface area contributed by atoms with Crippen LogP contribution in [-0.4, -0.2) is 39.4 Å². The highest BCUT2D eigenvalue weighted by Gasteiger charge is 2.24. The number of hydrogen-bond acceptors (Lipinski definition) is 4. The fourth-order valence-electron chi connectivity index (χ4n) is 2.49. The Morgan fingerprint density at radius 3 is 2.41 bits per heavy atom. The van der Waals surface area contributed by atoms with Crippen molar-refractivity contribution < 1.29 is 13.2 Å². The molecule has 2 aromatic rings. The third kappa shape index (κ3) is 7.26. The fourth-order valence-corrected chi connectivity index (χ4v) is 4.98. The Hall–Kier alpha value is -1.12. The van der Waals surface area contributed by atoms with E-state index in [1.54, 1.807) is 11.8 Å². The first-order valence-corrected chi connectivity index (χ1v) is 12.7. The Kier molecular flexibility index (Phi) is 8.97. The molecule has 0 aromatic heterocycles. The highest BCUT2D eigenvalue weighted by atomic mass is 35.5. The molecule has 5 nitrogen and oxygen atoms in total. The molecule has 0 heterocycles. The summed E-state index contributed by atoms with van der Waals surface area (Å²) in [5, 5.41) is 3.17. The predicted octanol–water partition coefficient (Wildman–Crippen LogP) is 4.77. The van der Waals surface area contributed by atoms with E-state index >= 15 is 0 Å². The van der Waals surface area contributed by atoms with E-state index in [2.05, 4.69) is 24.4 Å². The molecule has 0 atom stereocenters. The average Bonchev–Trinajstić information content (AvgIpc) is 2.63. The Labute approximate surface area is 190 Å². The lowest BCUT2D eigenvalue weighted by Crippen LogP contribution is -2.41. The van der Waals surface area contributed by atoms with Crippen molar-refractivity contribution in [2.75, 3.05) is 29.4 Å². The summed E-state index contributed by atoms with van der Waals surface area (Å²) >= 11 is 19.7. The average molecular weight is 496 g/mol. The van der Waals surface area contributed by atoms with Crippen LogP contribution in [0.3, 0.4) is 0 Å². The van der Waals surface area contributed by atoms with Crippen molar-refractivity contribution in [3.05, 3.63) is 62.6 Å². The van der Waals surface area contributed by atoms with Crippen LogP contribution in [0, 0.1) is 6.92 Å². The summed E-state index contributed by atoms with van der Waals surface area (Å²) in [4.78, 5) is 12.3. The first-order valence-electron chi connectivity index (χ1n) is 8.61. The molecule has 0 radical (unpaired) electrons. The van der Waals surface area contributed by atoms with Gasteiger partial charge in [-0.05, 0) is 30.2 Å². The molecule has 158 valence electrons. The monoisotopic (exact) mass is 494 g/mol. The van der Waals surface area contributed by atoms with Crippen molar-refractivity contribution in [2.24, 2.45) is 0 Å². The van der Waals surface area contributed by atoms with Crippen molar-refractivity contribution in [1.82, 2.24) is 5.32 Å². The predicted molar refractivity (Wildman–Crippen MR) is 124 cm³/mol. The van der Waals surface area contributed by atoms with E-state index in [1.165, 1.54) is 23.3 Å². The van der Waals surface area contributed by atoms with Crippen LogP contribution in [0.4, 0.5) is 5.69 Å². The van der Waals surface area contributed by atoms with Gasteiger partial charge in [0, 0.05) is 18.1 Å². The van der Waals surface area contributed by atoms with Gasteiger partial charge in [0.2, 0.25) is 15.9 Å². The second kappa shape index (κ2) is 10.8. The minimum atomic E-state index is -3.76. The number of carbonyl (C=O) groups is 1. The van der Waals surface area contributed by atoms with Crippen LogP contribution in [0.15, 0.2) is 36.4 Å². The first-order chi connectivity index (χ1) is 13.6. The Bertz CT molecular complexity index is 985. The van der Waals surface area contributed by atoms with Crippen molar-refractivity contribution in [3.63, 3.8) is 0 Å². The summed E-state index contributed by atoms with van der Waals surface area (Å²) in [6, 6.07) is 10.8. The molecule has 0 spiro atoms. The summed E-state index contributed by atoms with van der Waals surface area (Å²) < 4.78 is 25.3. The zero-order chi connectivity index (χ0) is 21.6. The van der Waals surface area contributed by atoms with Crippen molar-refractivity contribution in [3.8, 4) is 0 Å². The van der Waals surface area contributed by atoms with E-state index in [1.807, 2.05) is 12.1 Å². The topological polar surface area (TPSA) is 66.5 Å². The van der Waals surface area contributed by atoms with E-state index in [0.29, 0.717) is 12.3 Å². The van der Waals surface area contributed by atoms with Gasteiger partial charge in [-0.15, -0.1) is 0 Å². The van der Waals surface area contributed by atoms with Gasteiger partial charge in [0.15, 0.2) is 0 Å². The lowest BCUT2D eigenvalue weighted by molar-refractivity contribution is -0.119. The number of hydrogen-bond donors (Lipinski definition) is 1. The largest absolute Gasteiger partial charge is 0.354 e. The molecule has 29 heavy (non-hydrogen) atoms. The minimum absolute atomic E-state index is 0.0893. The summed E-state index contributed by atoms with van der Waals surface area (Å²) in [7, 11) is -3.76. The highest BCUT2D eigenvalue weighted by Crippen LogP contribution is 2.35. The third-order valence-corrected chi connectivity index (χ3v) is 7.19. The number of sulfonamides is 1. The molecule has 0 bridgehead atoms. The van der Waals surface area contributed by atoms with Gasteiger partial charge in [0.1, 0.15) is 6.54 Å². The lowest BCUT2D eigenvalue weighted by atomic mass is 10.1. The van der Waals surface area contributed by atoms with Crippen LogP contribution in [-0.2, 0) is 20.6 Å².